The molecule has 3 aromatic rings. The maximum atomic E-state index is 9.42. The average molecular weight is 468 g/mol. The Bertz CT molecular complexity index is 1100. The summed E-state index contributed by atoms with van der Waals surface area (Å²) in [4.78, 5) is 16.0. The lowest BCUT2D eigenvalue weighted by Crippen LogP contribution is -2.34. The molecule has 0 radical (unpaired) electrons. The molecule has 0 aliphatic carbocycles. The molecule has 0 saturated carbocycles. The molecule has 174 valence electrons. The number of anilines is 4. The number of aromatic hydroxyl groups is 1. The molecule has 2 aromatic carbocycles. The van der Waals surface area contributed by atoms with Gasteiger partial charge in [0.05, 0.1) is 6.21 Å². The summed E-state index contributed by atoms with van der Waals surface area (Å²) in [6.45, 7) is 8.28. The molecule has 0 atom stereocenters. The molecule has 0 amide bonds. The highest BCUT2D eigenvalue weighted by Gasteiger charge is 2.20. The summed E-state index contributed by atoms with van der Waals surface area (Å²) in [5, 5.41) is 17.0. The molecule has 9 heteroatoms. The summed E-state index contributed by atoms with van der Waals surface area (Å²) in [6.07, 6.45) is 3.89. The maximum Gasteiger partial charge on any atom is 0.250 e. The van der Waals surface area contributed by atoms with Crippen LogP contribution in [0, 0.1) is 19.8 Å². The van der Waals surface area contributed by atoms with Gasteiger partial charge in [0, 0.05) is 18.8 Å². The highest BCUT2D eigenvalue weighted by Crippen LogP contribution is 2.25. The number of halogens is 1. The van der Waals surface area contributed by atoms with Crippen molar-refractivity contribution in [2.24, 2.45) is 11.0 Å². The van der Waals surface area contributed by atoms with E-state index in [0.29, 0.717) is 23.8 Å². The monoisotopic (exact) mass is 467 g/mol. The van der Waals surface area contributed by atoms with Gasteiger partial charge in [0.25, 0.3) is 0 Å². The number of nitrogens with one attached hydrogen (secondary N) is 2. The topological polar surface area (TPSA) is 98.6 Å². The lowest BCUT2D eigenvalue weighted by Gasteiger charge is -2.30. The highest BCUT2D eigenvalue weighted by atomic mass is 35.5. The van der Waals surface area contributed by atoms with Crippen LogP contribution in [-0.2, 0) is 0 Å². The Balaban J connectivity index is 0.00000306. The Kier molecular flexibility index (Phi) is 8.06. The smallest absolute Gasteiger partial charge is 0.250 e. The van der Waals surface area contributed by atoms with Crippen LogP contribution in [0.25, 0.3) is 0 Å². The van der Waals surface area contributed by atoms with Crippen molar-refractivity contribution in [3.63, 3.8) is 0 Å². The van der Waals surface area contributed by atoms with Crippen molar-refractivity contribution >= 4 is 42.2 Å². The first-order chi connectivity index (χ1) is 15.5. The third-order valence-electron chi connectivity index (χ3n) is 5.81. The largest absolute Gasteiger partial charge is 0.508 e. The van der Waals surface area contributed by atoms with Crippen LogP contribution in [0.3, 0.4) is 0 Å². The van der Waals surface area contributed by atoms with Crippen molar-refractivity contribution in [1.82, 2.24) is 15.0 Å². The number of phenols is 1. The number of phenolic OH excluding ortho intramolecular Hbond substituents is 1. The zero-order valence-corrected chi connectivity index (χ0v) is 19.9. The molecule has 0 spiro atoms. The number of benzene rings is 2. The van der Waals surface area contributed by atoms with Gasteiger partial charge in [-0.05, 0) is 79.6 Å². The van der Waals surface area contributed by atoms with Gasteiger partial charge >= 0.3 is 0 Å². The molecule has 2 heterocycles. The van der Waals surface area contributed by atoms with Crippen LogP contribution in [-0.4, -0.2) is 39.4 Å². The minimum absolute atomic E-state index is 0. The molecule has 8 nitrogen and oxygen atoms in total. The van der Waals surface area contributed by atoms with Crippen molar-refractivity contribution in [2.45, 2.75) is 33.6 Å². The molecule has 3 N–H and O–H groups in total. The lowest BCUT2D eigenvalue weighted by molar-refractivity contribution is 0.434. The van der Waals surface area contributed by atoms with Crippen LogP contribution >= 0.6 is 12.4 Å². The Morgan fingerprint density at radius 1 is 1.00 bits per heavy atom. The Morgan fingerprint density at radius 3 is 2.42 bits per heavy atom. The number of aromatic nitrogens is 3. The van der Waals surface area contributed by atoms with Crippen LogP contribution in [0.15, 0.2) is 47.6 Å². The van der Waals surface area contributed by atoms with Gasteiger partial charge in [-0.25, -0.2) is 5.43 Å². The van der Waals surface area contributed by atoms with E-state index in [2.05, 4.69) is 57.5 Å². The lowest BCUT2D eigenvalue weighted by atomic mass is 10.00. The molecular formula is C24H30ClN7O. The third-order valence-corrected chi connectivity index (χ3v) is 5.81. The summed E-state index contributed by atoms with van der Waals surface area (Å²) in [5.74, 6) is 2.42. The van der Waals surface area contributed by atoms with Crippen molar-refractivity contribution in [3.8, 4) is 5.75 Å². The van der Waals surface area contributed by atoms with Crippen molar-refractivity contribution in [1.29, 1.82) is 0 Å². The van der Waals surface area contributed by atoms with Crippen molar-refractivity contribution in [3.05, 3.63) is 59.2 Å². The number of rotatable bonds is 6. The Hall–Kier alpha value is -3.39. The van der Waals surface area contributed by atoms with Crippen LogP contribution in [0.4, 0.5) is 23.5 Å². The predicted octanol–water partition coefficient (Wildman–Crippen LogP) is 5.04. The summed E-state index contributed by atoms with van der Waals surface area (Å²) in [6, 6.07) is 12.9. The van der Waals surface area contributed by atoms with E-state index in [9.17, 15) is 5.11 Å². The first kappa shape index (κ1) is 24.3. The van der Waals surface area contributed by atoms with Crippen LogP contribution in [0.1, 0.15) is 36.5 Å². The molecule has 1 aliphatic rings. The van der Waals surface area contributed by atoms with Gasteiger partial charge in [0.2, 0.25) is 17.8 Å². The number of nitrogens with zero attached hydrogens (tertiary/aromatic N) is 5. The van der Waals surface area contributed by atoms with Gasteiger partial charge in [-0.15, -0.1) is 12.4 Å². The van der Waals surface area contributed by atoms with Gasteiger partial charge in [-0.2, -0.15) is 20.1 Å². The van der Waals surface area contributed by atoms with Crippen LogP contribution in [0.5, 0.6) is 5.75 Å². The number of piperidine rings is 1. The average Bonchev–Trinajstić information content (AvgIpc) is 2.79. The fraction of sp³-hybridized carbons (Fsp3) is 0.333. The van der Waals surface area contributed by atoms with E-state index in [4.69, 9.17) is 4.98 Å². The van der Waals surface area contributed by atoms with E-state index in [1.165, 1.54) is 5.56 Å². The van der Waals surface area contributed by atoms with Gasteiger partial charge in [-0.3, -0.25) is 0 Å². The standard InChI is InChI=1S/C24H29N7O.ClH/c1-16-11-13-31(14-12-16)24-28-22(26-21-6-4-5-17(2)18(21)3)27-23(29-24)30-25-15-19-7-9-20(32)10-8-19;/h4-10,15-16,32H,11-14H2,1-3H3,(H2,26,27,28,29,30);1H/b25-15+;. The fourth-order valence-corrected chi connectivity index (χ4v) is 3.55. The molecule has 0 unspecified atom stereocenters. The van der Waals surface area contributed by atoms with E-state index in [0.717, 1.165) is 42.7 Å². The van der Waals surface area contributed by atoms with E-state index >= 15 is 0 Å². The molecular weight excluding hydrogens is 438 g/mol. The SMILES string of the molecule is Cc1cccc(Nc2nc(N/N=C/c3ccc(O)cc3)nc(N3CCC(C)CC3)n2)c1C.Cl. The molecule has 1 aromatic heterocycles. The van der Waals surface area contributed by atoms with Gasteiger partial charge in [0.15, 0.2) is 0 Å². The second kappa shape index (κ2) is 11.0. The van der Waals surface area contributed by atoms with E-state index in [1.54, 1.807) is 30.5 Å². The normalized spacial score (nSPS) is 14.2. The van der Waals surface area contributed by atoms with Gasteiger partial charge in [0.1, 0.15) is 5.75 Å². The number of hydrazone groups is 1. The van der Waals surface area contributed by atoms with E-state index in [-0.39, 0.29) is 18.2 Å². The maximum absolute atomic E-state index is 9.42. The second-order valence-corrected chi connectivity index (χ2v) is 8.29. The molecule has 1 saturated heterocycles. The Morgan fingerprint density at radius 2 is 1.70 bits per heavy atom. The highest BCUT2D eigenvalue weighted by molar-refractivity contribution is 5.85. The van der Waals surface area contributed by atoms with Crippen LogP contribution in [0.2, 0.25) is 0 Å². The summed E-state index contributed by atoms with van der Waals surface area (Å²) in [7, 11) is 0. The van der Waals surface area contributed by atoms with E-state index in [1.807, 2.05) is 12.1 Å². The minimum Gasteiger partial charge on any atom is -0.508 e. The predicted molar refractivity (Wildman–Crippen MR) is 136 cm³/mol. The van der Waals surface area contributed by atoms with E-state index < -0.39 is 0 Å². The zero-order valence-electron chi connectivity index (χ0n) is 19.1. The second-order valence-electron chi connectivity index (χ2n) is 8.29. The number of aryl methyl sites for hydroxylation is 1. The minimum atomic E-state index is 0. The summed E-state index contributed by atoms with van der Waals surface area (Å²) < 4.78 is 0. The first-order valence-corrected chi connectivity index (χ1v) is 10.9. The van der Waals surface area contributed by atoms with Crippen molar-refractivity contribution < 1.29 is 5.11 Å². The molecule has 1 aliphatic heterocycles. The van der Waals surface area contributed by atoms with Gasteiger partial charge < -0.3 is 15.3 Å². The fourth-order valence-electron chi connectivity index (χ4n) is 3.55. The van der Waals surface area contributed by atoms with Crippen LogP contribution < -0.4 is 15.6 Å². The molecule has 4 rings (SSSR count). The molecule has 0 bridgehead atoms. The quantitative estimate of drug-likeness (QED) is 0.345. The Labute approximate surface area is 200 Å². The number of hydrogen-bond acceptors (Lipinski definition) is 8. The zero-order chi connectivity index (χ0) is 22.5. The summed E-state index contributed by atoms with van der Waals surface area (Å²) >= 11 is 0. The summed E-state index contributed by atoms with van der Waals surface area (Å²) in [5.41, 5.74) is 7.10. The van der Waals surface area contributed by atoms with Crippen molar-refractivity contribution in [2.75, 3.05) is 28.7 Å². The van der Waals surface area contributed by atoms with Gasteiger partial charge in [-0.1, -0.05) is 19.1 Å². The first-order valence-electron chi connectivity index (χ1n) is 10.9. The third kappa shape index (κ3) is 6.32. The molecule has 1 fully saturated rings. The number of hydrogen-bond donors (Lipinski definition) is 3. The molecule has 33 heavy (non-hydrogen) atoms.